The van der Waals surface area contributed by atoms with Crippen LogP contribution in [-0.2, 0) is 14.3 Å². The predicted molar refractivity (Wildman–Crippen MR) is 105 cm³/mol. The van der Waals surface area contributed by atoms with Gasteiger partial charge in [-0.15, -0.1) is 5.73 Å². The summed E-state index contributed by atoms with van der Waals surface area (Å²) in [5.74, 6) is 2.43. The third-order valence-corrected chi connectivity index (χ3v) is 8.49. The van der Waals surface area contributed by atoms with Gasteiger partial charge in [-0.2, -0.15) is 0 Å². The fourth-order valence-corrected chi connectivity index (χ4v) is 7.44. The first-order valence-corrected chi connectivity index (χ1v) is 10.6. The van der Waals surface area contributed by atoms with Crippen molar-refractivity contribution < 1.29 is 14.3 Å². The molecular weight excluding hydrogens is 336 g/mol. The maximum atomic E-state index is 12.1. The third-order valence-electron chi connectivity index (χ3n) is 8.49. The van der Waals surface area contributed by atoms with E-state index < -0.39 is 0 Å². The molecule has 0 amide bonds. The van der Waals surface area contributed by atoms with E-state index in [1.54, 1.807) is 0 Å². The Hall–Kier alpha value is -1.60. The van der Waals surface area contributed by atoms with Crippen LogP contribution in [0.1, 0.15) is 65.7 Å². The van der Waals surface area contributed by atoms with Gasteiger partial charge in [0.2, 0.25) is 0 Å². The lowest BCUT2D eigenvalue weighted by atomic mass is 9.44. The van der Waals surface area contributed by atoms with Crippen molar-refractivity contribution in [2.75, 3.05) is 0 Å². The lowest BCUT2D eigenvalue weighted by molar-refractivity contribution is -0.158. The van der Waals surface area contributed by atoms with Gasteiger partial charge in [0.05, 0.1) is 0 Å². The van der Waals surface area contributed by atoms with Gasteiger partial charge in [-0.05, 0) is 74.3 Å². The zero-order valence-corrected chi connectivity index (χ0v) is 16.9. The summed E-state index contributed by atoms with van der Waals surface area (Å²) in [5, 5.41) is 0. The summed E-state index contributed by atoms with van der Waals surface area (Å²) in [6, 6.07) is 0. The summed E-state index contributed by atoms with van der Waals surface area (Å²) < 4.78 is 5.77. The second-order valence-corrected chi connectivity index (χ2v) is 9.72. The molecule has 0 radical (unpaired) electrons. The fourth-order valence-electron chi connectivity index (χ4n) is 7.44. The average molecular weight is 369 g/mol. The first kappa shape index (κ1) is 18.7. The Morgan fingerprint density at radius 1 is 1.30 bits per heavy atom. The molecule has 3 saturated carbocycles. The van der Waals surface area contributed by atoms with Crippen LogP contribution < -0.4 is 0 Å². The summed E-state index contributed by atoms with van der Waals surface area (Å²) in [6.07, 6.45) is 11.1. The van der Waals surface area contributed by atoms with Crippen molar-refractivity contribution in [2.24, 2.45) is 34.5 Å². The molecule has 0 heterocycles. The van der Waals surface area contributed by atoms with Gasteiger partial charge in [0.25, 0.3) is 0 Å². The van der Waals surface area contributed by atoms with E-state index in [0.717, 1.165) is 38.5 Å². The standard InChI is InChI=1S/C24H32O3/c1-5-10-24-12-8-18(26)14-17(24)13-15(2)22-19-6-7-21(27-16(3)25)23(19,4)11-9-20(22)24/h10,14-15,19-22H,1,6-9,11-13H2,2-4H3/t15-,19+,20+,21+,22+,23+,24?/m1/s1. The fraction of sp³-hybridized carbons (Fsp3) is 0.708. The molecule has 3 fully saturated rings. The molecule has 4 aliphatic rings. The highest BCUT2D eigenvalue weighted by atomic mass is 16.5. The Morgan fingerprint density at radius 3 is 2.78 bits per heavy atom. The van der Waals surface area contributed by atoms with Crippen LogP contribution in [0, 0.1) is 34.5 Å². The van der Waals surface area contributed by atoms with E-state index in [-0.39, 0.29) is 28.7 Å². The normalized spacial score (nSPS) is 45.7. The number of esters is 1. The Morgan fingerprint density at radius 2 is 2.07 bits per heavy atom. The Balaban J connectivity index is 1.73. The number of rotatable bonds is 2. The lowest BCUT2D eigenvalue weighted by Crippen LogP contribution is -2.54. The monoisotopic (exact) mass is 368 g/mol. The van der Waals surface area contributed by atoms with E-state index in [2.05, 4.69) is 32.2 Å². The van der Waals surface area contributed by atoms with Crippen LogP contribution in [0.5, 0.6) is 0 Å². The lowest BCUT2D eigenvalue weighted by Gasteiger charge is -2.59. The van der Waals surface area contributed by atoms with E-state index in [0.29, 0.717) is 30.1 Å². The largest absolute Gasteiger partial charge is 0.462 e. The van der Waals surface area contributed by atoms with Crippen molar-refractivity contribution in [3.05, 3.63) is 30.0 Å². The molecule has 0 aliphatic heterocycles. The number of carbonyl (C=O) groups is 2. The molecule has 0 aromatic rings. The second-order valence-electron chi connectivity index (χ2n) is 9.72. The summed E-state index contributed by atoms with van der Waals surface area (Å²) in [7, 11) is 0. The van der Waals surface area contributed by atoms with Gasteiger partial charge in [-0.25, -0.2) is 0 Å². The van der Waals surface area contributed by atoms with Gasteiger partial charge in [0.15, 0.2) is 5.78 Å². The number of fused-ring (bicyclic) bond motifs is 5. The number of hydrogen-bond donors (Lipinski definition) is 0. The van der Waals surface area contributed by atoms with E-state index >= 15 is 0 Å². The first-order valence-electron chi connectivity index (χ1n) is 10.6. The van der Waals surface area contributed by atoms with Crippen molar-refractivity contribution in [3.63, 3.8) is 0 Å². The minimum Gasteiger partial charge on any atom is -0.462 e. The summed E-state index contributed by atoms with van der Waals surface area (Å²) in [4.78, 5) is 23.8. The maximum Gasteiger partial charge on any atom is 0.302 e. The smallest absolute Gasteiger partial charge is 0.302 e. The molecule has 27 heavy (non-hydrogen) atoms. The molecule has 3 heteroatoms. The molecule has 4 aliphatic carbocycles. The number of hydrogen-bond acceptors (Lipinski definition) is 3. The summed E-state index contributed by atoms with van der Waals surface area (Å²) in [6.45, 7) is 10.1. The van der Waals surface area contributed by atoms with E-state index in [4.69, 9.17) is 4.74 Å². The Kier molecular flexibility index (Phi) is 4.50. The van der Waals surface area contributed by atoms with E-state index in [1.807, 2.05) is 6.08 Å². The van der Waals surface area contributed by atoms with Gasteiger partial charge >= 0.3 is 5.97 Å². The topological polar surface area (TPSA) is 43.4 Å². The highest BCUT2D eigenvalue weighted by Crippen LogP contribution is 2.67. The average Bonchev–Trinajstić information content (AvgIpc) is 2.92. The SMILES string of the molecule is C=C=CC12CCC(=O)C=C1C[C@@H](C)[C@@H]1[C@@H]2CC[C@]2(C)[C@@H](OC(C)=O)CC[C@@H]12. The molecule has 3 nitrogen and oxygen atoms in total. The highest BCUT2D eigenvalue weighted by Gasteiger charge is 2.62. The number of ketones is 1. The van der Waals surface area contributed by atoms with Crippen molar-refractivity contribution in [1.82, 2.24) is 0 Å². The van der Waals surface area contributed by atoms with Gasteiger partial charge < -0.3 is 4.74 Å². The van der Waals surface area contributed by atoms with Crippen LogP contribution in [0.2, 0.25) is 0 Å². The van der Waals surface area contributed by atoms with Gasteiger partial charge in [-0.3, -0.25) is 9.59 Å². The van der Waals surface area contributed by atoms with E-state index in [9.17, 15) is 9.59 Å². The van der Waals surface area contributed by atoms with Gasteiger partial charge in [-0.1, -0.05) is 26.0 Å². The molecule has 0 aromatic heterocycles. The maximum absolute atomic E-state index is 12.1. The predicted octanol–water partition coefficient (Wildman–Crippen LogP) is 5.02. The van der Waals surface area contributed by atoms with Crippen LogP contribution in [0.25, 0.3) is 0 Å². The minimum absolute atomic E-state index is 0.0340. The first-order chi connectivity index (χ1) is 12.8. The van der Waals surface area contributed by atoms with Crippen LogP contribution in [0.3, 0.4) is 0 Å². The molecular formula is C24H32O3. The van der Waals surface area contributed by atoms with Gasteiger partial charge in [0.1, 0.15) is 6.10 Å². The Bertz CT molecular complexity index is 743. The number of carbonyl (C=O) groups excluding carboxylic acids is 2. The van der Waals surface area contributed by atoms with Crippen LogP contribution in [0.15, 0.2) is 30.0 Å². The van der Waals surface area contributed by atoms with Crippen molar-refractivity contribution in [2.45, 2.75) is 71.8 Å². The quantitative estimate of drug-likeness (QED) is 0.508. The van der Waals surface area contributed by atoms with Gasteiger partial charge in [0, 0.05) is 24.2 Å². The molecule has 0 spiro atoms. The van der Waals surface area contributed by atoms with Crippen molar-refractivity contribution >= 4 is 11.8 Å². The minimum atomic E-state index is -0.150. The zero-order valence-electron chi connectivity index (χ0n) is 16.9. The Labute approximate surface area is 162 Å². The molecule has 7 atom stereocenters. The zero-order chi connectivity index (χ0) is 19.4. The molecule has 4 rings (SSSR count). The third kappa shape index (κ3) is 2.70. The molecule has 1 unspecified atom stereocenters. The van der Waals surface area contributed by atoms with E-state index in [1.165, 1.54) is 12.5 Å². The van der Waals surface area contributed by atoms with Crippen LogP contribution >= 0.6 is 0 Å². The van der Waals surface area contributed by atoms with Crippen molar-refractivity contribution in [3.8, 4) is 0 Å². The number of allylic oxidation sites excluding steroid dienone is 2. The molecule has 0 aromatic carbocycles. The molecule has 146 valence electrons. The highest BCUT2D eigenvalue weighted by molar-refractivity contribution is 5.92. The number of ether oxygens (including phenoxy) is 1. The van der Waals surface area contributed by atoms with Crippen molar-refractivity contribution in [1.29, 1.82) is 0 Å². The van der Waals surface area contributed by atoms with Crippen LogP contribution in [-0.4, -0.2) is 17.9 Å². The molecule has 0 bridgehead atoms. The molecule has 0 N–H and O–H groups in total. The van der Waals surface area contributed by atoms with Crippen LogP contribution in [0.4, 0.5) is 0 Å². The summed E-state index contributed by atoms with van der Waals surface area (Å²) in [5.41, 5.74) is 4.47. The molecule has 0 saturated heterocycles. The summed E-state index contributed by atoms with van der Waals surface area (Å²) >= 11 is 0. The second kappa shape index (κ2) is 6.48.